The third kappa shape index (κ3) is 3.53. The summed E-state index contributed by atoms with van der Waals surface area (Å²) >= 11 is 5.98. The monoisotopic (exact) mass is 324 g/mol. The van der Waals surface area contributed by atoms with E-state index in [1.165, 1.54) is 18.2 Å². The van der Waals surface area contributed by atoms with Crippen molar-refractivity contribution < 1.29 is 13.2 Å². The highest BCUT2D eigenvalue weighted by Gasteiger charge is 2.14. The van der Waals surface area contributed by atoms with E-state index in [0.29, 0.717) is 11.3 Å². The second kappa shape index (κ2) is 5.75. The van der Waals surface area contributed by atoms with Crippen molar-refractivity contribution in [3.8, 4) is 0 Å². The number of carbonyl (C=O) groups excluding carboxylic acids is 1. The van der Waals surface area contributed by atoms with E-state index in [-0.39, 0.29) is 15.6 Å². The minimum Gasteiger partial charge on any atom is -0.398 e. The number of rotatable bonds is 3. The number of nitrogens with one attached hydrogen (secondary N) is 1. The summed E-state index contributed by atoms with van der Waals surface area (Å²) in [5, 5.41) is 2.81. The average Bonchev–Trinajstić information content (AvgIpc) is 2.40. The molecule has 0 heterocycles. The summed E-state index contributed by atoms with van der Waals surface area (Å²) in [4.78, 5) is 12.2. The van der Waals surface area contributed by atoms with Crippen molar-refractivity contribution in [3.05, 3.63) is 53.1 Å². The van der Waals surface area contributed by atoms with Crippen molar-refractivity contribution in [1.82, 2.24) is 0 Å². The van der Waals surface area contributed by atoms with Crippen LogP contribution in [0.3, 0.4) is 0 Å². The molecule has 2 aromatic rings. The SMILES string of the molecule is CS(=O)(=O)c1ccc(Cl)c(NC(=O)c2ccccc2N)c1. The molecule has 7 heteroatoms. The number of hydrogen-bond donors (Lipinski definition) is 2. The number of para-hydroxylation sites is 1. The van der Waals surface area contributed by atoms with Gasteiger partial charge in [0.1, 0.15) is 0 Å². The lowest BCUT2D eigenvalue weighted by molar-refractivity contribution is 0.102. The van der Waals surface area contributed by atoms with E-state index in [2.05, 4.69) is 5.32 Å². The molecular weight excluding hydrogens is 312 g/mol. The lowest BCUT2D eigenvalue weighted by Crippen LogP contribution is -2.14. The zero-order valence-corrected chi connectivity index (χ0v) is 12.7. The molecule has 2 aromatic carbocycles. The Morgan fingerprint density at radius 3 is 2.48 bits per heavy atom. The molecule has 0 saturated carbocycles. The molecule has 0 radical (unpaired) electrons. The van der Waals surface area contributed by atoms with Crippen LogP contribution in [0.2, 0.25) is 5.02 Å². The van der Waals surface area contributed by atoms with Crippen molar-refractivity contribution in [2.24, 2.45) is 0 Å². The van der Waals surface area contributed by atoms with Crippen LogP contribution in [0.25, 0.3) is 0 Å². The Morgan fingerprint density at radius 2 is 1.86 bits per heavy atom. The van der Waals surface area contributed by atoms with Crippen molar-refractivity contribution in [3.63, 3.8) is 0 Å². The number of nitrogens with two attached hydrogens (primary N) is 1. The summed E-state index contributed by atoms with van der Waals surface area (Å²) in [5.41, 5.74) is 6.55. The van der Waals surface area contributed by atoms with Gasteiger partial charge in [0.2, 0.25) is 0 Å². The highest BCUT2D eigenvalue weighted by Crippen LogP contribution is 2.26. The molecule has 2 rings (SSSR count). The van der Waals surface area contributed by atoms with Crippen molar-refractivity contribution >= 4 is 38.7 Å². The van der Waals surface area contributed by atoms with Gasteiger partial charge in [0, 0.05) is 11.9 Å². The predicted octanol–water partition coefficient (Wildman–Crippen LogP) is 2.58. The average molecular weight is 325 g/mol. The van der Waals surface area contributed by atoms with E-state index in [9.17, 15) is 13.2 Å². The van der Waals surface area contributed by atoms with E-state index in [1.807, 2.05) is 0 Å². The number of hydrogen-bond acceptors (Lipinski definition) is 4. The largest absolute Gasteiger partial charge is 0.398 e. The van der Waals surface area contributed by atoms with E-state index in [4.69, 9.17) is 17.3 Å². The van der Waals surface area contributed by atoms with Gasteiger partial charge in [-0.3, -0.25) is 4.79 Å². The maximum absolute atomic E-state index is 12.1. The fourth-order valence-electron chi connectivity index (χ4n) is 1.72. The van der Waals surface area contributed by atoms with Gasteiger partial charge in [0.05, 0.1) is 21.2 Å². The number of amides is 1. The van der Waals surface area contributed by atoms with Gasteiger partial charge in [-0.1, -0.05) is 23.7 Å². The first kappa shape index (κ1) is 15.3. The van der Waals surface area contributed by atoms with Crippen LogP contribution in [0.4, 0.5) is 11.4 Å². The van der Waals surface area contributed by atoms with Gasteiger partial charge < -0.3 is 11.1 Å². The molecule has 0 spiro atoms. The zero-order chi connectivity index (χ0) is 15.6. The summed E-state index contributed by atoms with van der Waals surface area (Å²) in [5.74, 6) is -0.458. The Bertz CT molecular complexity index is 804. The minimum absolute atomic E-state index is 0.0724. The molecule has 0 aliphatic carbocycles. The van der Waals surface area contributed by atoms with E-state index in [0.717, 1.165) is 6.26 Å². The fraction of sp³-hybridized carbons (Fsp3) is 0.0714. The fourth-order valence-corrected chi connectivity index (χ4v) is 2.54. The smallest absolute Gasteiger partial charge is 0.257 e. The van der Waals surface area contributed by atoms with Crippen LogP contribution in [0.5, 0.6) is 0 Å². The maximum Gasteiger partial charge on any atom is 0.257 e. The molecule has 21 heavy (non-hydrogen) atoms. The first-order valence-corrected chi connectivity index (χ1v) is 8.21. The molecular formula is C14H13ClN2O3S. The van der Waals surface area contributed by atoms with E-state index < -0.39 is 15.7 Å². The number of nitrogen functional groups attached to an aromatic ring is 1. The number of benzene rings is 2. The first-order valence-electron chi connectivity index (χ1n) is 5.94. The quantitative estimate of drug-likeness (QED) is 0.849. The Balaban J connectivity index is 2.36. The van der Waals surface area contributed by atoms with Crippen molar-refractivity contribution in [2.75, 3.05) is 17.3 Å². The normalized spacial score (nSPS) is 11.1. The molecule has 1 amide bonds. The lowest BCUT2D eigenvalue weighted by atomic mass is 10.1. The highest BCUT2D eigenvalue weighted by atomic mass is 35.5. The van der Waals surface area contributed by atoms with Crippen LogP contribution in [0, 0.1) is 0 Å². The van der Waals surface area contributed by atoms with Crippen LogP contribution >= 0.6 is 11.6 Å². The summed E-state index contributed by atoms with van der Waals surface area (Å²) < 4.78 is 23.1. The van der Waals surface area contributed by atoms with Gasteiger partial charge >= 0.3 is 0 Å². The number of halogens is 1. The predicted molar refractivity (Wildman–Crippen MR) is 83.4 cm³/mol. The van der Waals surface area contributed by atoms with Crippen LogP contribution in [0.1, 0.15) is 10.4 Å². The van der Waals surface area contributed by atoms with Gasteiger partial charge in [-0.25, -0.2) is 8.42 Å². The second-order valence-corrected chi connectivity index (χ2v) is 6.88. The van der Waals surface area contributed by atoms with Crippen LogP contribution in [-0.4, -0.2) is 20.6 Å². The summed E-state index contributed by atoms with van der Waals surface area (Å²) in [6, 6.07) is 10.7. The third-order valence-corrected chi connectivity index (χ3v) is 4.26. The summed E-state index contributed by atoms with van der Waals surface area (Å²) in [7, 11) is -3.39. The molecule has 0 bridgehead atoms. The van der Waals surface area contributed by atoms with Gasteiger partial charge in [-0.2, -0.15) is 0 Å². The standard InChI is InChI=1S/C14H13ClN2O3S/c1-21(19,20)9-6-7-11(15)13(8-9)17-14(18)10-4-2-3-5-12(10)16/h2-8H,16H2,1H3,(H,17,18). The van der Waals surface area contributed by atoms with Crippen LogP contribution < -0.4 is 11.1 Å². The van der Waals surface area contributed by atoms with Gasteiger partial charge in [0.15, 0.2) is 9.84 Å². The van der Waals surface area contributed by atoms with Gasteiger partial charge in [0.25, 0.3) is 5.91 Å². The lowest BCUT2D eigenvalue weighted by Gasteiger charge is -2.10. The molecule has 0 saturated heterocycles. The van der Waals surface area contributed by atoms with E-state index >= 15 is 0 Å². The van der Waals surface area contributed by atoms with Gasteiger partial charge in [-0.05, 0) is 30.3 Å². The van der Waals surface area contributed by atoms with Crippen molar-refractivity contribution in [1.29, 1.82) is 0 Å². The first-order chi connectivity index (χ1) is 9.79. The van der Waals surface area contributed by atoms with Crippen LogP contribution in [-0.2, 0) is 9.84 Å². The number of anilines is 2. The Labute approximate surface area is 127 Å². The summed E-state index contributed by atoms with van der Waals surface area (Å²) in [6.07, 6.45) is 1.08. The second-order valence-electron chi connectivity index (χ2n) is 4.46. The molecule has 0 aliphatic rings. The topological polar surface area (TPSA) is 89.3 Å². The maximum atomic E-state index is 12.1. The molecule has 0 atom stereocenters. The zero-order valence-electron chi connectivity index (χ0n) is 11.1. The number of carbonyl (C=O) groups is 1. The van der Waals surface area contributed by atoms with Gasteiger partial charge in [-0.15, -0.1) is 0 Å². The summed E-state index contributed by atoms with van der Waals surface area (Å²) in [6.45, 7) is 0. The molecule has 3 N–H and O–H groups in total. The Kier molecular flexibility index (Phi) is 4.20. The van der Waals surface area contributed by atoms with Crippen LogP contribution in [0.15, 0.2) is 47.4 Å². The van der Waals surface area contributed by atoms with Crippen molar-refractivity contribution in [2.45, 2.75) is 4.90 Å². The number of sulfone groups is 1. The van der Waals surface area contributed by atoms with E-state index in [1.54, 1.807) is 24.3 Å². The molecule has 0 fully saturated rings. The minimum atomic E-state index is -3.39. The highest BCUT2D eigenvalue weighted by molar-refractivity contribution is 7.90. The molecule has 5 nitrogen and oxygen atoms in total. The molecule has 110 valence electrons. The Hall–Kier alpha value is -2.05. The molecule has 0 unspecified atom stereocenters. The molecule has 0 aromatic heterocycles. The third-order valence-electron chi connectivity index (χ3n) is 2.82. The Morgan fingerprint density at radius 1 is 1.19 bits per heavy atom. The molecule has 0 aliphatic heterocycles.